The van der Waals surface area contributed by atoms with Gasteiger partial charge in [0, 0.05) is 6.54 Å². The third kappa shape index (κ3) is 2.84. The molecule has 0 aliphatic rings. The fourth-order valence-electron chi connectivity index (χ4n) is 1.84. The van der Waals surface area contributed by atoms with E-state index in [1.165, 1.54) is 5.56 Å². The molecular weight excluding hydrogens is 196 g/mol. The Kier molecular flexibility index (Phi) is 4.52. The van der Waals surface area contributed by atoms with Gasteiger partial charge in [-0.2, -0.15) is 5.26 Å². The van der Waals surface area contributed by atoms with Gasteiger partial charge < -0.3 is 0 Å². The molecule has 0 aromatic heterocycles. The second-order valence-corrected chi connectivity index (χ2v) is 4.43. The Labute approximate surface area is 98.3 Å². The van der Waals surface area contributed by atoms with Crippen LogP contribution in [0.25, 0.3) is 0 Å². The minimum absolute atomic E-state index is 0.311. The predicted octanol–water partition coefficient (Wildman–Crippen LogP) is 3.10. The van der Waals surface area contributed by atoms with Crippen molar-refractivity contribution in [2.24, 2.45) is 5.92 Å². The molecule has 0 fully saturated rings. The smallest absolute Gasteiger partial charge is 0.109 e. The summed E-state index contributed by atoms with van der Waals surface area (Å²) in [5.74, 6) is 0.311. The Hall–Kier alpha value is -1.33. The first-order valence-corrected chi connectivity index (χ1v) is 5.85. The van der Waals surface area contributed by atoms with E-state index in [2.05, 4.69) is 44.3 Å². The number of nitrogens with zero attached hydrogens (tertiary/aromatic N) is 1. The molecule has 86 valence electrons. The van der Waals surface area contributed by atoms with Gasteiger partial charge >= 0.3 is 0 Å². The van der Waals surface area contributed by atoms with Crippen molar-refractivity contribution < 1.29 is 0 Å². The van der Waals surface area contributed by atoms with E-state index in [0.29, 0.717) is 5.92 Å². The zero-order chi connectivity index (χ0) is 12.0. The monoisotopic (exact) mass is 216 g/mol. The zero-order valence-corrected chi connectivity index (χ0v) is 10.3. The molecule has 0 bridgehead atoms. The van der Waals surface area contributed by atoms with Crippen LogP contribution in [-0.2, 0) is 6.54 Å². The summed E-state index contributed by atoms with van der Waals surface area (Å²) in [5.41, 5.74) is 0.812. The van der Waals surface area contributed by atoms with Crippen LogP contribution < -0.4 is 5.32 Å². The Balaban J connectivity index is 2.69. The second kappa shape index (κ2) is 5.67. The van der Waals surface area contributed by atoms with Crippen LogP contribution in [0.2, 0.25) is 0 Å². The number of hydrogen-bond donors (Lipinski definition) is 1. The quantitative estimate of drug-likeness (QED) is 0.821. The van der Waals surface area contributed by atoms with Crippen LogP contribution >= 0.6 is 0 Å². The van der Waals surface area contributed by atoms with Crippen LogP contribution in [0, 0.1) is 17.2 Å². The average Bonchev–Trinajstić information content (AvgIpc) is 2.32. The summed E-state index contributed by atoms with van der Waals surface area (Å²) in [5, 5.41) is 12.7. The lowest BCUT2D eigenvalue weighted by Crippen LogP contribution is -2.47. The molecule has 1 atom stereocenters. The molecule has 0 heterocycles. The van der Waals surface area contributed by atoms with Gasteiger partial charge in [0.2, 0.25) is 0 Å². The summed E-state index contributed by atoms with van der Waals surface area (Å²) >= 11 is 0. The van der Waals surface area contributed by atoms with Crippen LogP contribution in [0.1, 0.15) is 32.8 Å². The number of rotatable bonds is 5. The molecule has 2 heteroatoms. The summed E-state index contributed by atoms with van der Waals surface area (Å²) in [7, 11) is 0. The second-order valence-electron chi connectivity index (χ2n) is 4.43. The van der Waals surface area contributed by atoms with E-state index in [1.54, 1.807) is 0 Å². The lowest BCUT2D eigenvalue weighted by atomic mass is 9.85. The van der Waals surface area contributed by atoms with Gasteiger partial charge in [0.05, 0.1) is 6.07 Å². The summed E-state index contributed by atoms with van der Waals surface area (Å²) in [6.45, 7) is 6.98. The van der Waals surface area contributed by atoms with Crippen LogP contribution in [-0.4, -0.2) is 5.54 Å². The van der Waals surface area contributed by atoms with Gasteiger partial charge in [0.15, 0.2) is 0 Å². The standard InChI is InChI=1S/C14H20N2/c1-4-14(11-15,12(2)3)16-10-13-8-6-5-7-9-13/h5-9,12,16H,4,10H2,1-3H3. The van der Waals surface area contributed by atoms with Crippen molar-refractivity contribution in [3.63, 3.8) is 0 Å². The first kappa shape index (κ1) is 12.7. The molecule has 1 N–H and O–H groups in total. The third-order valence-electron chi connectivity index (χ3n) is 3.19. The topological polar surface area (TPSA) is 35.8 Å². The summed E-state index contributed by atoms with van der Waals surface area (Å²) < 4.78 is 0. The largest absolute Gasteiger partial charge is 0.295 e. The molecular formula is C14H20N2. The van der Waals surface area contributed by atoms with Gasteiger partial charge in [-0.05, 0) is 17.9 Å². The van der Waals surface area contributed by atoms with E-state index < -0.39 is 5.54 Å². The predicted molar refractivity (Wildman–Crippen MR) is 66.8 cm³/mol. The van der Waals surface area contributed by atoms with Gasteiger partial charge in [-0.15, -0.1) is 0 Å². The Bertz CT molecular complexity index is 351. The average molecular weight is 216 g/mol. The molecule has 1 aromatic rings. The van der Waals surface area contributed by atoms with Crippen molar-refractivity contribution in [1.82, 2.24) is 5.32 Å². The van der Waals surface area contributed by atoms with Crippen LogP contribution in [0.4, 0.5) is 0 Å². The highest BCUT2D eigenvalue weighted by Crippen LogP contribution is 2.20. The molecule has 1 unspecified atom stereocenters. The molecule has 0 saturated heterocycles. The third-order valence-corrected chi connectivity index (χ3v) is 3.19. The zero-order valence-electron chi connectivity index (χ0n) is 10.3. The van der Waals surface area contributed by atoms with Crippen molar-refractivity contribution in [3.05, 3.63) is 35.9 Å². The molecule has 1 rings (SSSR count). The number of hydrogen-bond acceptors (Lipinski definition) is 2. The van der Waals surface area contributed by atoms with E-state index in [-0.39, 0.29) is 0 Å². The van der Waals surface area contributed by atoms with Crippen molar-refractivity contribution >= 4 is 0 Å². The first-order chi connectivity index (χ1) is 7.64. The number of nitrogens with one attached hydrogen (secondary N) is 1. The Morgan fingerprint density at radius 1 is 1.31 bits per heavy atom. The minimum Gasteiger partial charge on any atom is -0.295 e. The van der Waals surface area contributed by atoms with Gasteiger partial charge in [0.25, 0.3) is 0 Å². The molecule has 0 saturated carbocycles. The van der Waals surface area contributed by atoms with Gasteiger partial charge in [0.1, 0.15) is 5.54 Å². The summed E-state index contributed by atoms with van der Waals surface area (Å²) in [6, 6.07) is 12.6. The lowest BCUT2D eigenvalue weighted by molar-refractivity contribution is 0.298. The van der Waals surface area contributed by atoms with E-state index in [4.69, 9.17) is 0 Å². The highest BCUT2D eigenvalue weighted by Gasteiger charge is 2.30. The maximum Gasteiger partial charge on any atom is 0.109 e. The van der Waals surface area contributed by atoms with Crippen LogP contribution in [0.5, 0.6) is 0 Å². The Morgan fingerprint density at radius 2 is 1.94 bits per heavy atom. The van der Waals surface area contributed by atoms with Crippen molar-refractivity contribution in [1.29, 1.82) is 5.26 Å². The lowest BCUT2D eigenvalue weighted by Gasteiger charge is -2.30. The first-order valence-electron chi connectivity index (χ1n) is 5.85. The summed E-state index contributed by atoms with van der Waals surface area (Å²) in [6.07, 6.45) is 0.827. The van der Waals surface area contributed by atoms with Gasteiger partial charge in [-0.3, -0.25) is 5.32 Å². The molecule has 0 aliphatic heterocycles. The molecule has 0 aliphatic carbocycles. The fraction of sp³-hybridized carbons (Fsp3) is 0.500. The SMILES string of the molecule is CCC(C#N)(NCc1ccccc1)C(C)C. The Morgan fingerprint density at radius 3 is 2.38 bits per heavy atom. The molecule has 1 aromatic carbocycles. The molecule has 16 heavy (non-hydrogen) atoms. The number of benzene rings is 1. The fourth-order valence-corrected chi connectivity index (χ4v) is 1.84. The normalized spacial score (nSPS) is 14.4. The van der Waals surface area contributed by atoms with Crippen LogP contribution in [0.15, 0.2) is 30.3 Å². The molecule has 0 radical (unpaired) electrons. The summed E-state index contributed by atoms with van der Waals surface area (Å²) in [4.78, 5) is 0. The number of nitriles is 1. The van der Waals surface area contributed by atoms with Gasteiger partial charge in [-0.1, -0.05) is 51.1 Å². The molecule has 0 spiro atoms. The van der Waals surface area contributed by atoms with Crippen molar-refractivity contribution in [2.45, 2.75) is 39.3 Å². The van der Waals surface area contributed by atoms with Gasteiger partial charge in [-0.25, -0.2) is 0 Å². The molecule has 0 amide bonds. The van der Waals surface area contributed by atoms with Crippen molar-refractivity contribution in [2.75, 3.05) is 0 Å². The highest BCUT2D eigenvalue weighted by molar-refractivity contribution is 5.16. The molecule has 2 nitrogen and oxygen atoms in total. The van der Waals surface area contributed by atoms with Crippen LogP contribution in [0.3, 0.4) is 0 Å². The van der Waals surface area contributed by atoms with E-state index in [1.807, 2.05) is 18.2 Å². The van der Waals surface area contributed by atoms with E-state index in [0.717, 1.165) is 13.0 Å². The minimum atomic E-state index is -0.407. The maximum atomic E-state index is 9.31. The van der Waals surface area contributed by atoms with E-state index >= 15 is 0 Å². The van der Waals surface area contributed by atoms with Crippen molar-refractivity contribution in [3.8, 4) is 6.07 Å². The highest BCUT2D eigenvalue weighted by atomic mass is 15.0. The maximum absolute atomic E-state index is 9.31. The van der Waals surface area contributed by atoms with E-state index in [9.17, 15) is 5.26 Å².